The SMILES string of the molecule is Cc1cc(C)cc(C(=O)N2CCN(S(=O)(=O)c3c(F)cccc3F)CC2)c1. The highest BCUT2D eigenvalue weighted by Gasteiger charge is 2.34. The van der Waals surface area contributed by atoms with Gasteiger partial charge in [-0.25, -0.2) is 17.2 Å². The van der Waals surface area contributed by atoms with Crippen molar-refractivity contribution in [2.24, 2.45) is 0 Å². The van der Waals surface area contributed by atoms with Gasteiger partial charge in [-0.05, 0) is 38.1 Å². The smallest absolute Gasteiger partial charge is 0.253 e. The molecule has 144 valence electrons. The summed E-state index contributed by atoms with van der Waals surface area (Å²) in [5, 5.41) is 0. The van der Waals surface area contributed by atoms with Gasteiger partial charge >= 0.3 is 0 Å². The number of piperazine rings is 1. The van der Waals surface area contributed by atoms with Crippen molar-refractivity contribution in [1.82, 2.24) is 9.21 Å². The number of hydrogen-bond acceptors (Lipinski definition) is 3. The molecule has 8 heteroatoms. The van der Waals surface area contributed by atoms with E-state index in [1.807, 2.05) is 19.9 Å². The molecule has 2 aromatic carbocycles. The highest BCUT2D eigenvalue weighted by Crippen LogP contribution is 2.24. The van der Waals surface area contributed by atoms with E-state index in [4.69, 9.17) is 0 Å². The average Bonchev–Trinajstić information content (AvgIpc) is 2.60. The summed E-state index contributed by atoms with van der Waals surface area (Å²) in [6.45, 7) is 4.07. The second-order valence-corrected chi connectivity index (χ2v) is 8.50. The minimum absolute atomic E-state index is 0.0212. The van der Waals surface area contributed by atoms with E-state index in [1.165, 1.54) is 0 Å². The number of hydrogen-bond donors (Lipinski definition) is 0. The number of amides is 1. The van der Waals surface area contributed by atoms with Gasteiger partial charge in [0.2, 0.25) is 10.0 Å². The van der Waals surface area contributed by atoms with Gasteiger partial charge in [-0.15, -0.1) is 0 Å². The number of halogens is 2. The molecule has 0 bridgehead atoms. The van der Waals surface area contributed by atoms with Crippen molar-refractivity contribution in [3.8, 4) is 0 Å². The maximum Gasteiger partial charge on any atom is 0.253 e. The van der Waals surface area contributed by atoms with Crippen molar-refractivity contribution in [2.45, 2.75) is 18.7 Å². The van der Waals surface area contributed by atoms with E-state index in [0.717, 1.165) is 33.6 Å². The molecule has 5 nitrogen and oxygen atoms in total. The van der Waals surface area contributed by atoms with Gasteiger partial charge in [0.1, 0.15) is 11.6 Å². The van der Waals surface area contributed by atoms with Crippen LogP contribution in [0, 0.1) is 25.5 Å². The summed E-state index contributed by atoms with van der Waals surface area (Å²) < 4.78 is 54.0. The summed E-state index contributed by atoms with van der Waals surface area (Å²) in [5.74, 6) is -2.43. The second-order valence-electron chi connectivity index (χ2n) is 6.62. The molecule has 0 spiro atoms. The molecule has 1 saturated heterocycles. The van der Waals surface area contributed by atoms with Crippen molar-refractivity contribution in [3.05, 3.63) is 64.7 Å². The standard InChI is InChI=1S/C19H20F2N2O3S/c1-13-10-14(2)12-15(11-13)19(24)22-6-8-23(9-7-22)27(25,26)18-16(20)4-3-5-17(18)21/h3-5,10-12H,6-9H2,1-2H3. The van der Waals surface area contributed by atoms with Crippen molar-refractivity contribution >= 4 is 15.9 Å². The third-order valence-corrected chi connectivity index (χ3v) is 6.46. The predicted octanol–water partition coefficient (Wildman–Crippen LogP) is 2.73. The molecule has 0 radical (unpaired) electrons. The fourth-order valence-electron chi connectivity index (χ4n) is 3.27. The molecular formula is C19H20F2N2O3S. The molecule has 2 aromatic rings. The number of aryl methyl sites for hydroxylation is 2. The lowest BCUT2D eigenvalue weighted by Crippen LogP contribution is -2.50. The lowest BCUT2D eigenvalue weighted by Gasteiger charge is -2.34. The first-order valence-electron chi connectivity index (χ1n) is 8.52. The Bertz CT molecular complexity index is 944. The maximum atomic E-state index is 13.9. The van der Waals surface area contributed by atoms with Crippen LogP contribution < -0.4 is 0 Å². The molecule has 0 saturated carbocycles. The first-order valence-corrected chi connectivity index (χ1v) is 9.96. The van der Waals surface area contributed by atoms with Crippen molar-refractivity contribution in [1.29, 1.82) is 0 Å². The van der Waals surface area contributed by atoms with Gasteiger partial charge < -0.3 is 4.90 Å². The second kappa shape index (κ2) is 7.36. The van der Waals surface area contributed by atoms with Gasteiger partial charge in [-0.3, -0.25) is 4.79 Å². The third-order valence-electron chi connectivity index (χ3n) is 4.51. The number of benzene rings is 2. The summed E-state index contributed by atoms with van der Waals surface area (Å²) in [7, 11) is -4.31. The Balaban J connectivity index is 1.76. The Morgan fingerprint density at radius 2 is 1.44 bits per heavy atom. The number of rotatable bonds is 3. The number of carbonyl (C=O) groups is 1. The Labute approximate surface area is 157 Å². The van der Waals surface area contributed by atoms with Crippen molar-refractivity contribution in [3.63, 3.8) is 0 Å². The summed E-state index contributed by atoms with van der Waals surface area (Å²) >= 11 is 0. The van der Waals surface area contributed by atoms with Gasteiger partial charge in [0.25, 0.3) is 5.91 Å². The molecule has 1 aliphatic heterocycles. The van der Waals surface area contributed by atoms with E-state index in [2.05, 4.69) is 0 Å². The summed E-state index contributed by atoms with van der Waals surface area (Å²) in [6.07, 6.45) is 0. The van der Waals surface area contributed by atoms with Crippen LogP contribution in [-0.4, -0.2) is 49.7 Å². The van der Waals surface area contributed by atoms with Gasteiger partial charge in [0.05, 0.1) is 0 Å². The van der Waals surface area contributed by atoms with E-state index in [9.17, 15) is 22.0 Å². The molecule has 0 N–H and O–H groups in total. The zero-order chi connectivity index (χ0) is 19.8. The van der Waals surface area contributed by atoms with E-state index in [1.54, 1.807) is 17.0 Å². The van der Waals surface area contributed by atoms with E-state index < -0.39 is 26.6 Å². The van der Waals surface area contributed by atoms with Crippen LogP contribution in [0.4, 0.5) is 8.78 Å². The summed E-state index contributed by atoms with van der Waals surface area (Å²) in [5.41, 5.74) is 2.48. The molecular weight excluding hydrogens is 374 g/mol. The molecule has 27 heavy (non-hydrogen) atoms. The van der Waals surface area contributed by atoms with Gasteiger partial charge in [0.15, 0.2) is 4.90 Å². The number of sulfonamides is 1. The van der Waals surface area contributed by atoms with Crippen LogP contribution in [-0.2, 0) is 10.0 Å². The van der Waals surface area contributed by atoms with Crippen LogP contribution in [0.1, 0.15) is 21.5 Å². The Hall–Kier alpha value is -2.32. The lowest BCUT2D eigenvalue weighted by atomic mass is 10.1. The molecule has 1 amide bonds. The summed E-state index contributed by atoms with van der Waals surface area (Å²) in [4.78, 5) is 13.3. The molecule has 0 aromatic heterocycles. The molecule has 1 heterocycles. The average molecular weight is 394 g/mol. The zero-order valence-electron chi connectivity index (χ0n) is 15.1. The van der Waals surface area contributed by atoms with Crippen LogP contribution in [0.15, 0.2) is 41.3 Å². The highest BCUT2D eigenvalue weighted by atomic mass is 32.2. The fraction of sp³-hybridized carbons (Fsp3) is 0.316. The number of carbonyl (C=O) groups excluding carboxylic acids is 1. The fourth-order valence-corrected chi connectivity index (χ4v) is 4.80. The molecule has 0 aliphatic carbocycles. The molecule has 3 rings (SSSR count). The van der Waals surface area contributed by atoms with Crippen molar-refractivity contribution in [2.75, 3.05) is 26.2 Å². The van der Waals surface area contributed by atoms with Crippen LogP contribution in [0.3, 0.4) is 0 Å². The zero-order valence-corrected chi connectivity index (χ0v) is 15.9. The predicted molar refractivity (Wildman–Crippen MR) is 96.9 cm³/mol. The van der Waals surface area contributed by atoms with Crippen LogP contribution >= 0.6 is 0 Å². The van der Waals surface area contributed by atoms with Gasteiger partial charge in [-0.2, -0.15) is 4.31 Å². The highest BCUT2D eigenvalue weighted by molar-refractivity contribution is 7.89. The quantitative estimate of drug-likeness (QED) is 0.804. The number of nitrogens with zero attached hydrogens (tertiary/aromatic N) is 2. The monoisotopic (exact) mass is 394 g/mol. The normalized spacial score (nSPS) is 15.8. The van der Waals surface area contributed by atoms with E-state index in [-0.39, 0.29) is 32.1 Å². The maximum absolute atomic E-state index is 13.9. The minimum Gasteiger partial charge on any atom is -0.336 e. The Morgan fingerprint density at radius 1 is 0.926 bits per heavy atom. The van der Waals surface area contributed by atoms with Gasteiger partial charge in [0, 0.05) is 31.7 Å². The first kappa shape index (κ1) is 19.4. The van der Waals surface area contributed by atoms with Crippen LogP contribution in [0.2, 0.25) is 0 Å². The Kier molecular flexibility index (Phi) is 5.30. The van der Waals surface area contributed by atoms with Crippen LogP contribution in [0.5, 0.6) is 0 Å². The molecule has 1 fully saturated rings. The minimum atomic E-state index is -4.31. The molecule has 1 aliphatic rings. The topological polar surface area (TPSA) is 57.7 Å². The first-order chi connectivity index (χ1) is 12.7. The third kappa shape index (κ3) is 3.86. The molecule has 0 atom stereocenters. The van der Waals surface area contributed by atoms with Crippen LogP contribution in [0.25, 0.3) is 0 Å². The van der Waals surface area contributed by atoms with E-state index >= 15 is 0 Å². The Morgan fingerprint density at radius 3 is 1.96 bits per heavy atom. The van der Waals surface area contributed by atoms with Gasteiger partial charge in [-0.1, -0.05) is 23.3 Å². The lowest BCUT2D eigenvalue weighted by molar-refractivity contribution is 0.0697. The summed E-state index contributed by atoms with van der Waals surface area (Å²) in [6, 6.07) is 8.47. The van der Waals surface area contributed by atoms with E-state index in [0.29, 0.717) is 5.56 Å². The largest absolute Gasteiger partial charge is 0.336 e. The van der Waals surface area contributed by atoms with Crippen molar-refractivity contribution < 1.29 is 22.0 Å². The molecule has 0 unspecified atom stereocenters.